The maximum absolute atomic E-state index is 12.1. The van der Waals surface area contributed by atoms with Gasteiger partial charge >= 0.3 is 0 Å². The van der Waals surface area contributed by atoms with Crippen molar-refractivity contribution in [3.63, 3.8) is 0 Å². The summed E-state index contributed by atoms with van der Waals surface area (Å²) in [6.07, 6.45) is 12.8. The lowest BCUT2D eigenvalue weighted by Crippen LogP contribution is -2.53. The van der Waals surface area contributed by atoms with Crippen LogP contribution in [0.4, 0.5) is 0 Å². The normalized spacial score (nSPS) is 44.1. The Morgan fingerprint density at radius 3 is 2.62 bits per heavy atom. The summed E-state index contributed by atoms with van der Waals surface area (Å²) in [7, 11) is 0. The maximum Gasteiger partial charge on any atom is 0.133 e. The Hall–Kier alpha value is -0.890. The topological polar surface area (TPSA) is 37.3 Å². The lowest BCUT2D eigenvalue weighted by atomic mass is 9.47. The van der Waals surface area contributed by atoms with Gasteiger partial charge in [-0.3, -0.25) is 4.79 Å². The van der Waals surface area contributed by atoms with Crippen LogP contribution >= 0.6 is 0 Å². The van der Waals surface area contributed by atoms with Gasteiger partial charge in [0.2, 0.25) is 0 Å². The molecule has 0 aromatic rings. The molecule has 7 atom stereocenters. The van der Waals surface area contributed by atoms with Gasteiger partial charge < -0.3 is 5.11 Å². The van der Waals surface area contributed by atoms with Crippen molar-refractivity contribution in [2.45, 2.75) is 98.0 Å². The van der Waals surface area contributed by atoms with Crippen molar-refractivity contribution in [1.29, 1.82) is 0 Å². The van der Waals surface area contributed by atoms with Crippen molar-refractivity contribution in [3.05, 3.63) is 23.8 Å². The predicted octanol–water partition coefficient (Wildman–Crippen LogP) is 6.49. The number of aliphatic hydroxyl groups is 1. The molecule has 2 heteroatoms. The second-order valence-electron chi connectivity index (χ2n) is 11.7. The number of hydrogen-bond donors (Lipinski definition) is 1. The molecular weight excluding hydrogens is 356 g/mol. The molecule has 0 bridgehead atoms. The zero-order valence-corrected chi connectivity index (χ0v) is 19.2. The number of allylic oxidation sites excluding steroid dienone is 2. The van der Waals surface area contributed by atoms with E-state index < -0.39 is 6.10 Å². The van der Waals surface area contributed by atoms with Crippen LogP contribution in [0.25, 0.3) is 0 Å². The molecule has 0 aromatic carbocycles. The minimum absolute atomic E-state index is 0.102. The summed E-state index contributed by atoms with van der Waals surface area (Å²) in [5, 5.41) is 11.0. The molecule has 3 fully saturated rings. The van der Waals surface area contributed by atoms with Crippen LogP contribution < -0.4 is 0 Å². The third kappa shape index (κ3) is 3.48. The molecule has 0 aromatic heterocycles. The first kappa shape index (κ1) is 21.3. The standard InChI is InChI=1S/C27H42O2/c1-17(2)7-6-8-18(3)21-9-10-22-20-16-25(29)24-15-19(28)11-13-27(24,5)23(20)12-14-26(21,22)4/h16-17,21-25,29H,3,6-15H2,1-2,4-5H3/t21-,22+,23+,24?,25-,26-,27-/m1/s1. The van der Waals surface area contributed by atoms with Crippen LogP contribution in [0, 0.1) is 40.4 Å². The highest BCUT2D eigenvalue weighted by atomic mass is 16.3. The van der Waals surface area contributed by atoms with Gasteiger partial charge in [-0.25, -0.2) is 0 Å². The second-order valence-corrected chi connectivity index (χ2v) is 11.7. The largest absolute Gasteiger partial charge is 0.389 e. The van der Waals surface area contributed by atoms with Crippen molar-refractivity contribution in [2.24, 2.45) is 40.4 Å². The molecule has 0 spiro atoms. The zero-order chi connectivity index (χ0) is 21.0. The molecule has 3 saturated carbocycles. The third-order valence-electron chi connectivity index (χ3n) is 9.69. The van der Waals surface area contributed by atoms with E-state index >= 15 is 0 Å². The van der Waals surface area contributed by atoms with Gasteiger partial charge in [0.05, 0.1) is 6.10 Å². The van der Waals surface area contributed by atoms with E-state index in [2.05, 4.69) is 40.3 Å². The van der Waals surface area contributed by atoms with Crippen molar-refractivity contribution in [2.75, 3.05) is 0 Å². The lowest BCUT2D eigenvalue weighted by Gasteiger charge is -2.57. The molecule has 4 aliphatic carbocycles. The fourth-order valence-corrected chi connectivity index (χ4v) is 7.95. The van der Waals surface area contributed by atoms with Crippen LogP contribution in [0.15, 0.2) is 23.8 Å². The monoisotopic (exact) mass is 398 g/mol. The van der Waals surface area contributed by atoms with E-state index in [0.717, 1.165) is 12.3 Å². The van der Waals surface area contributed by atoms with Crippen molar-refractivity contribution < 1.29 is 9.90 Å². The first-order valence-corrected chi connectivity index (χ1v) is 12.3. The summed E-state index contributed by atoms with van der Waals surface area (Å²) in [5.74, 6) is 3.05. The Morgan fingerprint density at radius 2 is 1.90 bits per heavy atom. The molecule has 162 valence electrons. The summed E-state index contributed by atoms with van der Waals surface area (Å²) in [5.41, 5.74) is 3.45. The first-order chi connectivity index (χ1) is 13.7. The Morgan fingerprint density at radius 1 is 1.17 bits per heavy atom. The van der Waals surface area contributed by atoms with Gasteiger partial charge in [0.15, 0.2) is 0 Å². The highest BCUT2D eigenvalue weighted by Gasteiger charge is 2.59. The van der Waals surface area contributed by atoms with Crippen LogP contribution in [-0.2, 0) is 4.79 Å². The van der Waals surface area contributed by atoms with Crippen LogP contribution in [-0.4, -0.2) is 17.0 Å². The van der Waals surface area contributed by atoms with Gasteiger partial charge in [-0.2, -0.15) is 0 Å². The van der Waals surface area contributed by atoms with E-state index in [1.165, 1.54) is 50.5 Å². The Bertz CT molecular complexity index is 703. The summed E-state index contributed by atoms with van der Waals surface area (Å²) < 4.78 is 0. The van der Waals surface area contributed by atoms with Crippen molar-refractivity contribution in [3.8, 4) is 0 Å². The maximum atomic E-state index is 12.1. The molecular formula is C27H42O2. The van der Waals surface area contributed by atoms with Gasteiger partial charge in [-0.1, -0.05) is 57.9 Å². The number of ketones is 1. The lowest BCUT2D eigenvalue weighted by molar-refractivity contribution is -0.131. The highest BCUT2D eigenvalue weighted by Crippen LogP contribution is 2.66. The van der Waals surface area contributed by atoms with E-state index in [-0.39, 0.29) is 11.3 Å². The van der Waals surface area contributed by atoms with E-state index in [0.29, 0.717) is 41.8 Å². The number of carbonyl (C=O) groups is 1. The predicted molar refractivity (Wildman–Crippen MR) is 119 cm³/mol. The molecule has 2 nitrogen and oxygen atoms in total. The number of carbonyl (C=O) groups excluding carboxylic acids is 1. The van der Waals surface area contributed by atoms with Gasteiger partial charge in [0.25, 0.3) is 0 Å². The minimum atomic E-state index is -0.439. The van der Waals surface area contributed by atoms with Gasteiger partial charge in [-0.15, -0.1) is 0 Å². The molecule has 0 amide bonds. The van der Waals surface area contributed by atoms with Crippen LogP contribution in [0.2, 0.25) is 0 Å². The van der Waals surface area contributed by atoms with Crippen LogP contribution in [0.5, 0.6) is 0 Å². The van der Waals surface area contributed by atoms with Gasteiger partial charge in [0, 0.05) is 18.8 Å². The average molecular weight is 399 g/mol. The Balaban J connectivity index is 1.56. The molecule has 0 radical (unpaired) electrons. The molecule has 4 rings (SSSR count). The van der Waals surface area contributed by atoms with Crippen LogP contribution in [0.3, 0.4) is 0 Å². The molecule has 1 unspecified atom stereocenters. The van der Waals surface area contributed by atoms with E-state index in [9.17, 15) is 9.90 Å². The molecule has 0 heterocycles. The van der Waals surface area contributed by atoms with Gasteiger partial charge in [0.1, 0.15) is 5.78 Å². The smallest absolute Gasteiger partial charge is 0.133 e. The molecule has 0 aliphatic heterocycles. The molecule has 1 N–H and O–H groups in total. The van der Waals surface area contributed by atoms with E-state index in [1.807, 2.05) is 0 Å². The SMILES string of the molecule is C=C(CCCC(C)C)[C@H]1CC[C@H]2C3=C[C@@H](O)C4CC(=O)CC[C@]4(C)[C@H]3CC[C@]12C. The minimum Gasteiger partial charge on any atom is -0.389 e. The van der Waals surface area contributed by atoms with Crippen molar-refractivity contribution >= 4 is 5.78 Å². The molecule has 29 heavy (non-hydrogen) atoms. The Labute approximate surface area is 178 Å². The van der Waals surface area contributed by atoms with Crippen LogP contribution in [0.1, 0.15) is 91.9 Å². The fraction of sp³-hybridized carbons (Fsp3) is 0.815. The summed E-state index contributed by atoms with van der Waals surface area (Å²) in [6.45, 7) is 14.1. The van der Waals surface area contributed by atoms with E-state index in [1.54, 1.807) is 5.57 Å². The summed E-state index contributed by atoms with van der Waals surface area (Å²) in [6, 6.07) is 0. The highest BCUT2D eigenvalue weighted by molar-refractivity contribution is 5.80. The second kappa shape index (κ2) is 7.66. The number of hydrogen-bond acceptors (Lipinski definition) is 2. The average Bonchev–Trinajstić information content (AvgIpc) is 3.00. The third-order valence-corrected chi connectivity index (χ3v) is 9.69. The summed E-state index contributed by atoms with van der Waals surface area (Å²) in [4.78, 5) is 12.1. The Kier molecular flexibility index (Phi) is 5.64. The number of fused-ring (bicyclic) bond motifs is 5. The fourth-order valence-electron chi connectivity index (χ4n) is 7.95. The summed E-state index contributed by atoms with van der Waals surface area (Å²) >= 11 is 0. The number of rotatable bonds is 5. The number of Topliss-reactive ketones (excluding diaryl/α,β-unsaturated/α-hetero) is 1. The first-order valence-electron chi connectivity index (χ1n) is 12.3. The van der Waals surface area contributed by atoms with E-state index in [4.69, 9.17) is 0 Å². The zero-order valence-electron chi connectivity index (χ0n) is 19.2. The van der Waals surface area contributed by atoms with Gasteiger partial charge in [-0.05, 0) is 79.4 Å². The quantitative estimate of drug-likeness (QED) is 0.538. The number of aliphatic hydroxyl groups excluding tert-OH is 1. The molecule has 4 aliphatic rings. The molecule has 0 saturated heterocycles. The van der Waals surface area contributed by atoms with Crippen molar-refractivity contribution in [1.82, 2.24) is 0 Å².